The number of rotatable bonds is 9. The number of non-ortho nitro benzene ring substituents is 1. The SMILES string of the molecule is COc1cc(OC)cc(-n2c(SCc3cccc([N+](=O)[O-])c3)nc3cc(C(=O)NC4CCCC4)ccc3c2=O)c1. The second kappa shape index (κ2) is 11.8. The van der Waals surface area contributed by atoms with Crippen LogP contribution in [0.5, 0.6) is 11.5 Å². The smallest absolute Gasteiger partial charge is 0.269 e. The third-order valence-corrected chi connectivity index (χ3v) is 7.88. The zero-order valence-electron chi connectivity index (χ0n) is 22.1. The van der Waals surface area contributed by atoms with Crippen LogP contribution in [-0.4, -0.2) is 40.6 Å². The Bertz CT molecular complexity index is 1630. The molecule has 1 aliphatic rings. The van der Waals surface area contributed by atoms with Crippen LogP contribution in [-0.2, 0) is 5.75 Å². The molecule has 1 amide bonds. The third kappa shape index (κ3) is 5.79. The average Bonchev–Trinajstić information content (AvgIpc) is 3.48. The van der Waals surface area contributed by atoms with Crippen molar-refractivity contribution in [1.29, 1.82) is 0 Å². The van der Waals surface area contributed by atoms with E-state index < -0.39 is 4.92 Å². The van der Waals surface area contributed by atoms with Crippen LogP contribution in [0.15, 0.2) is 70.6 Å². The Morgan fingerprint density at radius 2 is 1.80 bits per heavy atom. The number of benzene rings is 3. The molecule has 4 aromatic rings. The van der Waals surface area contributed by atoms with Gasteiger partial charge in [-0.05, 0) is 36.6 Å². The molecule has 11 heteroatoms. The van der Waals surface area contributed by atoms with Gasteiger partial charge in [0.05, 0.1) is 35.7 Å². The highest BCUT2D eigenvalue weighted by atomic mass is 32.2. The van der Waals surface area contributed by atoms with Crippen LogP contribution in [0.3, 0.4) is 0 Å². The van der Waals surface area contributed by atoms with Crippen molar-refractivity contribution in [2.75, 3.05) is 14.2 Å². The molecule has 40 heavy (non-hydrogen) atoms. The van der Waals surface area contributed by atoms with Crippen molar-refractivity contribution in [3.05, 3.63) is 92.3 Å². The number of nitro benzene ring substituents is 1. The van der Waals surface area contributed by atoms with E-state index in [9.17, 15) is 19.7 Å². The molecule has 1 saturated carbocycles. The first-order valence-electron chi connectivity index (χ1n) is 12.8. The molecule has 1 fully saturated rings. The molecule has 5 rings (SSSR count). The number of nitrogens with one attached hydrogen (secondary N) is 1. The summed E-state index contributed by atoms with van der Waals surface area (Å²) in [4.78, 5) is 42.4. The maximum Gasteiger partial charge on any atom is 0.269 e. The molecule has 3 aromatic carbocycles. The Hall–Kier alpha value is -4.38. The number of fused-ring (bicyclic) bond motifs is 1. The molecule has 0 radical (unpaired) electrons. The van der Waals surface area contributed by atoms with Gasteiger partial charge in [0.2, 0.25) is 0 Å². The maximum absolute atomic E-state index is 13.9. The van der Waals surface area contributed by atoms with Gasteiger partial charge < -0.3 is 14.8 Å². The fraction of sp³-hybridized carbons (Fsp3) is 0.276. The van der Waals surface area contributed by atoms with Crippen LogP contribution in [0.2, 0.25) is 0 Å². The molecule has 0 bridgehead atoms. The quantitative estimate of drug-likeness (QED) is 0.127. The topological polar surface area (TPSA) is 126 Å². The lowest BCUT2D eigenvalue weighted by molar-refractivity contribution is -0.384. The molecule has 1 aliphatic carbocycles. The number of carbonyl (C=O) groups excluding carboxylic acids is 1. The maximum atomic E-state index is 13.9. The minimum atomic E-state index is -0.445. The minimum Gasteiger partial charge on any atom is -0.497 e. The molecular formula is C29H28N4O6S. The van der Waals surface area contributed by atoms with Crippen molar-refractivity contribution in [3.63, 3.8) is 0 Å². The van der Waals surface area contributed by atoms with Crippen molar-refractivity contribution in [3.8, 4) is 17.2 Å². The summed E-state index contributed by atoms with van der Waals surface area (Å²) in [7, 11) is 3.05. The lowest BCUT2D eigenvalue weighted by atomic mass is 10.1. The van der Waals surface area contributed by atoms with Gasteiger partial charge >= 0.3 is 0 Å². The van der Waals surface area contributed by atoms with Crippen molar-refractivity contribution in [2.45, 2.75) is 42.6 Å². The summed E-state index contributed by atoms with van der Waals surface area (Å²) < 4.78 is 12.3. The molecular weight excluding hydrogens is 532 g/mol. The van der Waals surface area contributed by atoms with Crippen molar-refractivity contribution >= 4 is 34.3 Å². The van der Waals surface area contributed by atoms with Crippen molar-refractivity contribution in [1.82, 2.24) is 14.9 Å². The zero-order chi connectivity index (χ0) is 28.2. The van der Waals surface area contributed by atoms with Crippen LogP contribution >= 0.6 is 11.8 Å². The van der Waals surface area contributed by atoms with E-state index in [1.165, 1.54) is 42.7 Å². The standard InChI is InChI=1S/C29H28N4O6S/c1-38-23-14-22(15-24(16-23)39-2)32-28(35)25-11-10-19(27(34)30-20-7-3-4-8-20)13-26(25)31-29(32)40-17-18-6-5-9-21(12-18)33(36)37/h5-6,9-16,20H,3-4,7-8,17H2,1-2H3,(H,30,34). The number of ether oxygens (including phenoxy) is 2. The number of aromatic nitrogens is 2. The first-order valence-corrected chi connectivity index (χ1v) is 13.8. The molecule has 0 unspecified atom stereocenters. The van der Waals surface area contributed by atoms with Crippen molar-refractivity contribution < 1.29 is 19.2 Å². The van der Waals surface area contributed by atoms with Crippen LogP contribution in [0.4, 0.5) is 5.69 Å². The van der Waals surface area contributed by atoms with Crippen molar-refractivity contribution in [2.24, 2.45) is 0 Å². The number of hydrogen-bond acceptors (Lipinski definition) is 8. The van der Waals surface area contributed by atoms with Gasteiger partial charge in [0.15, 0.2) is 5.16 Å². The van der Waals surface area contributed by atoms with Crippen LogP contribution in [0.25, 0.3) is 16.6 Å². The second-order valence-corrected chi connectivity index (χ2v) is 10.5. The number of thioether (sulfide) groups is 1. The summed E-state index contributed by atoms with van der Waals surface area (Å²) in [5, 5.41) is 15.0. The van der Waals surface area contributed by atoms with Gasteiger partial charge in [-0.2, -0.15) is 0 Å². The first-order chi connectivity index (χ1) is 19.4. The first kappa shape index (κ1) is 27.2. The average molecular weight is 561 g/mol. The minimum absolute atomic E-state index is 0.0163. The van der Waals surface area contributed by atoms with Gasteiger partial charge in [-0.3, -0.25) is 24.3 Å². The van der Waals surface area contributed by atoms with Gasteiger partial charge in [0, 0.05) is 47.7 Å². The van der Waals surface area contributed by atoms with E-state index in [0.29, 0.717) is 50.1 Å². The van der Waals surface area contributed by atoms with E-state index in [-0.39, 0.29) is 23.2 Å². The highest BCUT2D eigenvalue weighted by Crippen LogP contribution is 2.30. The van der Waals surface area contributed by atoms with Gasteiger partial charge in [-0.25, -0.2) is 4.98 Å². The molecule has 0 spiro atoms. The summed E-state index contributed by atoms with van der Waals surface area (Å²) >= 11 is 1.26. The number of methoxy groups -OCH3 is 2. The van der Waals surface area contributed by atoms with Crippen LogP contribution < -0.4 is 20.3 Å². The number of carbonyl (C=O) groups is 1. The van der Waals surface area contributed by atoms with Gasteiger partial charge in [0.25, 0.3) is 17.2 Å². The Balaban J connectivity index is 1.59. The molecule has 206 valence electrons. The fourth-order valence-electron chi connectivity index (χ4n) is 4.80. The number of amides is 1. The van der Waals surface area contributed by atoms with Gasteiger partial charge in [-0.1, -0.05) is 36.7 Å². The van der Waals surface area contributed by atoms with Crippen LogP contribution in [0.1, 0.15) is 41.6 Å². The lowest BCUT2D eigenvalue weighted by Crippen LogP contribution is -2.32. The largest absolute Gasteiger partial charge is 0.497 e. The normalized spacial score (nSPS) is 13.3. The summed E-state index contributed by atoms with van der Waals surface area (Å²) in [6, 6.07) is 16.5. The Labute approximate surface area is 234 Å². The molecule has 10 nitrogen and oxygen atoms in total. The molecule has 0 aliphatic heterocycles. The molecule has 1 aromatic heterocycles. The molecule has 0 saturated heterocycles. The molecule has 1 heterocycles. The summed E-state index contributed by atoms with van der Waals surface area (Å²) in [5.74, 6) is 1.12. The lowest BCUT2D eigenvalue weighted by Gasteiger charge is -2.16. The highest BCUT2D eigenvalue weighted by molar-refractivity contribution is 7.98. The van der Waals surface area contributed by atoms with E-state index >= 15 is 0 Å². The monoisotopic (exact) mass is 560 g/mol. The Morgan fingerprint density at radius 3 is 2.48 bits per heavy atom. The van der Waals surface area contributed by atoms with E-state index in [4.69, 9.17) is 14.5 Å². The van der Waals surface area contributed by atoms with E-state index in [2.05, 4.69) is 5.32 Å². The van der Waals surface area contributed by atoms with E-state index in [1.807, 2.05) is 0 Å². The third-order valence-electron chi connectivity index (χ3n) is 6.87. The van der Waals surface area contributed by atoms with Crippen LogP contribution in [0, 0.1) is 10.1 Å². The summed E-state index contributed by atoms with van der Waals surface area (Å²) in [6.45, 7) is 0. The predicted molar refractivity (Wildman–Crippen MR) is 153 cm³/mol. The second-order valence-electron chi connectivity index (χ2n) is 9.51. The highest BCUT2D eigenvalue weighted by Gasteiger charge is 2.20. The van der Waals surface area contributed by atoms with Gasteiger partial charge in [-0.15, -0.1) is 0 Å². The van der Waals surface area contributed by atoms with Gasteiger partial charge in [0.1, 0.15) is 11.5 Å². The number of hydrogen-bond donors (Lipinski definition) is 1. The number of nitro groups is 1. The number of nitrogens with zero attached hydrogens (tertiary/aromatic N) is 3. The van der Waals surface area contributed by atoms with E-state index in [0.717, 1.165) is 25.7 Å². The Morgan fingerprint density at radius 1 is 1.07 bits per heavy atom. The van der Waals surface area contributed by atoms with E-state index in [1.54, 1.807) is 48.5 Å². The summed E-state index contributed by atoms with van der Waals surface area (Å²) in [5.41, 5.74) is 1.66. The fourth-order valence-corrected chi connectivity index (χ4v) is 5.75. The zero-order valence-corrected chi connectivity index (χ0v) is 22.9. The molecule has 0 atom stereocenters. The summed E-state index contributed by atoms with van der Waals surface area (Å²) in [6.07, 6.45) is 4.13. The molecule has 1 N–H and O–H groups in total. The predicted octanol–water partition coefficient (Wildman–Crippen LogP) is 5.28. The Kier molecular flexibility index (Phi) is 8.01.